The third kappa shape index (κ3) is 2.41. The van der Waals surface area contributed by atoms with Crippen molar-refractivity contribution >= 4 is 5.57 Å². The Balaban J connectivity index is 0.000000706. The van der Waals surface area contributed by atoms with E-state index in [1.807, 2.05) is 39.8 Å². The maximum atomic E-state index is 5.54. The lowest BCUT2D eigenvalue weighted by molar-refractivity contribution is 0.173. The molecule has 0 fully saturated rings. The molecule has 20 heavy (non-hydrogen) atoms. The summed E-state index contributed by atoms with van der Waals surface area (Å²) in [5.41, 5.74) is 3.86. The van der Waals surface area contributed by atoms with Crippen molar-refractivity contribution in [3.05, 3.63) is 36.3 Å². The number of hydrogen-bond acceptors (Lipinski definition) is 3. The number of ether oxygens (including phenoxy) is 2. The predicted octanol–water partition coefficient (Wildman–Crippen LogP) is 4.42. The Labute approximate surface area is 120 Å². The third-order valence-electron chi connectivity index (χ3n) is 2.99. The highest BCUT2D eigenvalue weighted by atomic mass is 16.7. The van der Waals surface area contributed by atoms with Gasteiger partial charge in [0.05, 0.1) is 11.9 Å². The Kier molecular flexibility index (Phi) is 4.13. The van der Waals surface area contributed by atoms with Crippen LogP contribution in [0.2, 0.25) is 0 Å². The zero-order chi connectivity index (χ0) is 14.7. The number of fused-ring (bicyclic) bond motifs is 1. The summed E-state index contributed by atoms with van der Waals surface area (Å²) >= 11 is 0. The highest BCUT2D eigenvalue weighted by Gasteiger charge is 2.21. The molecule has 1 aliphatic rings. The summed E-state index contributed by atoms with van der Waals surface area (Å²) in [4.78, 5) is 7.52. The van der Waals surface area contributed by atoms with Gasteiger partial charge in [0, 0.05) is 6.99 Å². The van der Waals surface area contributed by atoms with Gasteiger partial charge in [-0.1, -0.05) is 26.5 Å². The second-order valence-electron chi connectivity index (χ2n) is 4.42. The van der Waals surface area contributed by atoms with Crippen molar-refractivity contribution in [1.29, 1.82) is 0 Å². The van der Waals surface area contributed by atoms with Crippen LogP contribution in [0.5, 0.6) is 11.5 Å². The zero-order valence-corrected chi connectivity index (χ0v) is 12.4. The Bertz CT molecular complexity index is 635. The third-order valence-corrected chi connectivity index (χ3v) is 2.99. The molecule has 0 saturated heterocycles. The fourth-order valence-corrected chi connectivity index (χ4v) is 2.02. The van der Waals surface area contributed by atoms with E-state index in [-0.39, 0.29) is 8.22 Å². The summed E-state index contributed by atoms with van der Waals surface area (Å²) in [6.07, 6.45) is 1.79. The van der Waals surface area contributed by atoms with Crippen LogP contribution in [-0.4, -0.2) is 16.8 Å². The molecule has 1 aromatic carbocycles. The summed E-state index contributed by atoms with van der Waals surface area (Å²) in [6.45, 7) is 12.1. The van der Waals surface area contributed by atoms with Gasteiger partial charge in [0.2, 0.25) is 6.79 Å². The van der Waals surface area contributed by atoms with E-state index in [0.717, 1.165) is 39.7 Å². The molecule has 1 aliphatic heterocycles. The molecular weight excluding hydrogens is 252 g/mol. The predicted molar refractivity (Wildman–Crippen MR) is 83.1 cm³/mol. The molecule has 4 nitrogen and oxygen atoms in total. The van der Waals surface area contributed by atoms with Gasteiger partial charge in [0.25, 0.3) is 0 Å². The number of imidazole rings is 1. The monoisotopic (exact) mass is 274 g/mol. The van der Waals surface area contributed by atoms with Gasteiger partial charge in [-0.25, -0.2) is 4.98 Å². The van der Waals surface area contributed by atoms with Crippen LogP contribution in [0.25, 0.3) is 16.8 Å². The highest BCUT2D eigenvalue weighted by molar-refractivity contribution is 5.74. The van der Waals surface area contributed by atoms with Crippen LogP contribution < -0.4 is 9.47 Å². The SMILES string of the molecule is C=C(C)c1ncc(-c2ccc(C)c3c2OCO3)[nH]1.CC.[HH]. The lowest BCUT2D eigenvalue weighted by Crippen LogP contribution is -1.93. The van der Waals surface area contributed by atoms with E-state index >= 15 is 0 Å². The maximum absolute atomic E-state index is 5.54. The van der Waals surface area contributed by atoms with Crippen LogP contribution in [0.15, 0.2) is 24.9 Å². The summed E-state index contributed by atoms with van der Waals surface area (Å²) in [7, 11) is 0. The van der Waals surface area contributed by atoms with Gasteiger partial charge in [-0.3, -0.25) is 0 Å². The first-order valence-corrected chi connectivity index (χ1v) is 6.77. The van der Waals surface area contributed by atoms with E-state index < -0.39 is 0 Å². The number of aryl methyl sites for hydroxylation is 1. The van der Waals surface area contributed by atoms with E-state index in [9.17, 15) is 0 Å². The molecule has 0 aliphatic carbocycles. The Hall–Kier alpha value is -2.23. The van der Waals surface area contributed by atoms with Gasteiger partial charge in [-0.2, -0.15) is 0 Å². The molecule has 2 heterocycles. The van der Waals surface area contributed by atoms with Gasteiger partial charge >= 0.3 is 0 Å². The number of rotatable bonds is 2. The fourth-order valence-electron chi connectivity index (χ4n) is 2.02. The van der Waals surface area contributed by atoms with Crippen LogP contribution in [0.1, 0.15) is 33.6 Å². The lowest BCUT2D eigenvalue weighted by atomic mass is 10.1. The smallest absolute Gasteiger partial charge is 0.231 e. The van der Waals surface area contributed by atoms with Crippen LogP contribution in [-0.2, 0) is 0 Å². The summed E-state index contributed by atoms with van der Waals surface area (Å²) in [6, 6.07) is 4.03. The molecule has 0 amide bonds. The van der Waals surface area contributed by atoms with Crippen LogP contribution in [0.4, 0.5) is 0 Å². The fraction of sp³-hybridized carbons (Fsp3) is 0.312. The molecule has 0 atom stereocenters. The molecule has 2 aromatic rings. The van der Waals surface area contributed by atoms with E-state index in [2.05, 4.69) is 16.5 Å². The van der Waals surface area contributed by atoms with Crippen molar-refractivity contribution in [3.63, 3.8) is 0 Å². The number of nitrogens with one attached hydrogen (secondary N) is 1. The number of aromatic amines is 1. The van der Waals surface area contributed by atoms with E-state index in [4.69, 9.17) is 9.47 Å². The minimum Gasteiger partial charge on any atom is -0.453 e. The second-order valence-corrected chi connectivity index (χ2v) is 4.42. The number of allylic oxidation sites excluding steroid dienone is 1. The molecule has 3 rings (SSSR count). The molecule has 0 saturated carbocycles. The maximum Gasteiger partial charge on any atom is 0.231 e. The first-order chi connectivity index (χ1) is 9.66. The van der Waals surface area contributed by atoms with Gasteiger partial charge < -0.3 is 14.5 Å². The first-order valence-electron chi connectivity index (χ1n) is 6.77. The van der Waals surface area contributed by atoms with Crippen molar-refractivity contribution in [2.24, 2.45) is 0 Å². The second kappa shape index (κ2) is 5.82. The lowest BCUT2D eigenvalue weighted by Gasteiger charge is -2.05. The normalized spacial score (nSPS) is 11.8. The Morgan fingerprint density at radius 2 is 2.00 bits per heavy atom. The van der Waals surface area contributed by atoms with Crippen molar-refractivity contribution < 1.29 is 10.9 Å². The quantitative estimate of drug-likeness (QED) is 0.881. The topological polar surface area (TPSA) is 47.1 Å². The number of aromatic nitrogens is 2. The molecule has 0 unspecified atom stereocenters. The number of hydrogen-bond donors (Lipinski definition) is 1. The van der Waals surface area contributed by atoms with Crippen LogP contribution >= 0.6 is 0 Å². The van der Waals surface area contributed by atoms with Gasteiger partial charge in [-0.05, 0) is 31.1 Å². The Morgan fingerprint density at radius 1 is 1.30 bits per heavy atom. The van der Waals surface area contributed by atoms with Gasteiger partial charge in [0.1, 0.15) is 5.82 Å². The molecule has 0 spiro atoms. The standard InChI is InChI=1S/C14H14N2O2.C2H6.H2/c1-8(2)14-15-6-11(16-14)10-5-4-9(3)12-13(10)18-7-17-12;1-2;/h4-6H,1,7H2,2-3H3,(H,15,16);1-2H3;1H. The van der Waals surface area contributed by atoms with E-state index in [0.29, 0.717) is 0 Å². The van der Waals surface area contributed by atoms with Crippen molar-refractivity contribution in [1.82, 2.24) is 9.97 Å². The largest absolute Gasteiger partial charge is 0.453 e. The Morgan fingerprint density at radius 3 is 2.65 bits per heavy atom. The van der Waals surface area contributed by atoms with Crippen molar-refractivity contribution in [2.45, 2.75) is 27.7 Å². The number of benzene rings is 1. The van der Waals surface area contributed by atoms with Crippen LogP contribution in [0.3, 0.4) is 0 Å². The average Bonchev–Trinajstić information content (AvgIpc) is 3.11. The number of H-pyrrole nitrogens is 1. The summed E-state index contributed by atoms with van der Waals surface area (Å²) in [5, 5.41) is 0. The molecule has 1 aromatic heterocycles. The highest BCUT2D eigenvalue weighted by Crippen LogP contribution is 2.43. The van der Waals surface area contributed by atoms with E-state index in [1.54, 1.807) is 6.20 Å². The van der Waals surface area contributed by atoms with Gasteiger partial charge in [-0.15, -0.1) is 0 Å². The molecule has 108 valence electrons. The molecule has 1 N–H and O–H groups in total. The zero-order valence-electron chi connectivity index (χ0n) is 12.4. The average molecular weight is 274 g/mol. The first kappa shape index (κ1) is 14.2. The molecule has 0 bridgehead atoms. The number of nitrogens with zero attached hydrogens (tertiary/aromatic N) is 1. The van der Waals surface area contributed by atoms with Crippen LogP contribution in [0, 0.1) is 6.92 Å². The minimum absolute atomic E-state index is 0. The summed E-state index contributed by atoms with van der Waals surface area (Å²) in [5.74, 6) is 2.39. The molecule has 4 heteroatoms. The molecule has 0 radical (unpaired) electrons. The van der Waals surface area contributed by atoms with Crippen molar-refractivity contribution in [2.75, 3.05) is 6.79 Å². The minimum atomic E-state index is 0. The van der Waals surface area contributed by atoms with E-state index in [1.165, 1.54) is 0 Å². The van der Waals surface area contributed by atoms with Gasteiger partial charge in [0.15, 0.2) is 11.5 Å². The van der Waals surface area contributed by atoms with Crippen molar-refractivity contribution in [3.8, 4) is 22.8 Å². The molecular formula is C16H22N2O2. The summed E-state index contributed by atoms with van der Waals surface area (Å²) < 4.78 is 11.0.